The molecule has 0 aliphatic heterocycles. The molecule has 4 N–H and O–H groups in total. The minimum absolute atomic E-state index is 0.316. The van der Waals surface area contributed by atoms with Crippen LogP contribution in [0.3, 0.4) is 0 Å². The molecule has 0 atom stereocenters. The number of aliphatic hydroxyl groups excluding tert-OH is 1. The highest BCUT2D eigenvalue weighted by molar-refractivity contribution is 5.84. The summed E-state index contributed by atoms with van der Waals surface area (Å²) in [4.78, 5) is 3.27. The molecule has 2 aromatic rings. The van der Waals surface area contributed by atoms with Gasteiger partial charge in [-0.15, -0.1) is 0 Å². The number of fused-ring (bicyclic) bond motifs is 1. The van der Waals surface area contributed by atoms with Crippen LogP contribution in [-0.2, 0) is 6.42 Å². The third-order valence-electron chi connectivity index (χ3n) is 3.97. The second kappa shape index (κ2) is 9.49. The van der Waals surface area contributed by atoms with Crippen LogP contribution >= 0.6 is 0 Å². The van der Waals surface area contributed by atoms with E-state index in [2.05, 4.69) is 17.1 Å². The maximum Gasteiger partial charge on any atom is 0.120 e. The number of nitrogens with one attached hydrogen (secondary N) is 1. The minimum Gasteiger partial charge on any atom is -0.494 e. The lowest BCUT2D eigenvalue weighted by atomic mass is 10.1. The average molecular weight is 304 g/mol. The van der Waals surface area contributed by atoms with Crippen LogP contribution in [0, 0.1) is 0 Å². The van der Waals surface area contributed by atoms with Gasteiger partial charge in [0.1, 0.15) is 5.75 Å². The third kappa shape index (κ3) is 5.04. The van der Waals surface area contributed by atoms with E-state index in [1.54, 1.807) is 0 Å². The lowest BCUT2D eigenvalue weighted by Crippen LogP contribution is -2.02. The van der Waals surface area contributed by atoms with Crippen LogP contribution in [0.15, 0.2) is 24.4 Å². The number of H-pyrrole nitrogens is 1. The normalized spacial score (nSPS) is 11.2. The first kappa shape index (κ1) is 16.8. The Hall–Kier alpha value is -1.52. The molecule has 1 aromatic carbocycles. The molecular weight excluding hydrogens is 276 g/mol. The zero-order valence-corrected chi connectivity index (χ0v) is 13.3. The number of ether oxygens (including phenoxy) is 1. The van der Waals surface area contributed by atoms with Crippen LogP contribution in [0.5, 0.6) is 5.75 Å². The fourth-order valence-electron chi connectivity index (χ4n) is 2.72. The Morgan fingerprint density at radius 3 is 2.59 bits per heavy atom. The summed E-state index contributed by atoms with van der Waals surface area (Å²) in [6.07, 6.45) is 9.68. The zero-order valence-electron chi connectivity index (χ0n) is 13.3. The van der Waals surface area contributed by atoms with Crippen LogP contribution in [0.25, 0.3) is 10.9 Å². The average Bonchev–Trinajstić information content (AvgIpc) is 2.93. The van der Waals surface area contributed by atoms with E-state index in [-0.39, 0.29) is 0 Å². The summed E-state index contributed by atoms with van der Waals surface area (Å²) >= 11 is 0. The molecule has 0 spiro atoms. The van der Waals surface area contributed by atoms with Gasteiger partial charge in [-0.25, -0.2) is 0 Å². The molecule has 0 radical (unpaired) electrons. The summed E-state index contributed by atoms with van der Waals surface area (Å²) in [5.74, 6) is 0.936. The minimum atomic E-state index is 0.316. The lowest BCUT2D eigenvalue weighted by Gasteiger charge is -2.07. The molecule has 0 unspecified atom stereocenters. The molecule has 0 saturated carbocycles. The van der Waals surface area contributed by atoms with Crippen molar-refractivity contribution < 1.29 is 9.84 Å². The van der Waals surface area contributed by atoms with Gasteiger partial charge in [0.2, 0.25) is 0 Å². The summed E-state index contributed by atoms with van der Waals surface area (Å²) in [6, 6.07) is 6.20. The largest absolute Gasteiger partial charge is 0.494 e. The third-order valence-corrected chi connectivity index (χ3v) is 3.97. The number of unbranched alkanes of at least 4 members (excludes halogenated alkanes) is 5. The fraction of sp³-hybridized carbons (Fsp3) is 0.556. The molecule has 2 rings (SSSR count). The van der Waals surface area contributed by atoms with Crippen LogP contribution in [0.2, 0.25) is 0 Å². The second-order valence-corrected chi connectivity index (χ2v) is 5.75. The maximum atomic E-state index is 8.72. The summed E-state index contributed by atoms with van der Waals surface area (Å²) in [7, 11) is 0. The molecule has 0 saturated heterocycles. The van der Waals surface area contributed by atoms with E-state index in [1.165, 1.54) is 30.2 Å². The van der Waals surface area contributed by atoms with Gasteiger partial charge >= 0.3 is 0 Å². The van der Waals surface area contributed by atoms with E-state index in [9.17, 15) is 0 Å². The van der Waals surface area contributed by atoms with Crippen LogP contribution < -0.4 is 10.5 Å². The van der Waals surface area contributed by atoms with Crippen LogP contribution in [-0.4, -0.2) is 29.8 Å². The van der Waals surface area contributed by atoms with Crippen LogP contribution in [0.1, 0.15) is 44.1 Å². The van der Waals surface area contributed by atoms with Crippen molar-refractivity contribution in [3.05, 3.63) is 30.0 Å². The molecular formula is C18H28N2O2. The Bertz CT molecular complexity index is 551. The van der Waals surface area contributed by atoms with Gasteiger partial charge < -0.3 is 20.6 Å². The van der Waals surface area contributed by atoms with E-state index in [0.29, 0.717) is 13.2 Å². The van der Waals surface area contributed by atoms with Crippen molar-refractivity contribution in [2.24, 2.45) is 5.73 Å². The van der Waals surface area contributed by atoms with Gasteiger partial charge in [0, 0.05) is 23.7 Å². The summed E-state index contributed by atoms with van der Waals surface area (Å²) in [5, 5.41) is 9.93. The fourth-order valence-corrected chi connectivity index (χ4v) is 2.72. The molecule has 1 heterocycles. The Morgan fingerprint density at radius 1 is 1.05 bits per heavy atom. The van der Waals surface area contributed by atoms with Gasteiger partial charge in [-0.05, 0) is 49.6 Å². The number of nitrogens with two attached hydrogens (primary N) is 1. The monoisotopic (exact) mass is 304 g/mol. The number of aliphatic hydroxyl groups is 1. The van der Waals surface area contributed by atoms with E-state index in [0.717, 1.165) is 43.6 Å². The van der Waals surface area contributed by atoms with E-state index >= 15 is 0 Å². The van der Waals surface area contributed by atoms with Crippen molar-refractivity contribution in [3.8, 4) is 5.75 Å². The number of rotatable bonds is 11. The maximum absolute atomic E-state index is 8.72. The van der Waals surface area contributed by atoms with Gasteiger partial charge in [-0.1, -0.05) is 25.7 Å². The predicted octanol–water partition coefficient (Wildman–Crippen LogP) is 3.38. The number of aromatic nitrogens is 1. The van der Waals surface area contributed by atoms with Gasteiger partial charge in [0.05, 0.1) is 6.61 Å². The van der Waals surface area contributed by atoms with Crippen molar-refractivity contribution in [1.82, 2.24) is 4.98 Å². The Balaban J connectivity index is 1.73. The molecule has 0 bridgehead atoms. The van der Waals surface area contributed by atoms with Crippen molar-refractivity contribution in [2.75, 3.05) is 19.8 Å². The zero-order chi connectivity index (χ0) is 15.6. The van der Waals surface area contributed by atoms with Crippen molar-refractivity contribution >= 4 is 10.9 Å². The molecule has 122 valence electrons. The van der Waals surface area contributed by atoms with E-state index in [1.807, 2.05) is 12.3 Å². The number of hydrogen-bond acceptors (Lipinski definition) is 3. The Kier molecular flexibility index (Phi) is 7.26. The van der Waals surface area contributed by atoms with Gasteiger partial charge in [-0.2, -0.15) is 0 Å². The molecule has 0 aliphatic rings. The highest BCUT2D eigenvalue weighted by Gasteiger charge is 2.04. The van der Waals surface area contributed by atoms with Crippen LogP contribution in [0.4, 0.5) is 0 Å². The molecule has 1 aromatic heterocycles. The number of aromatic amines is 1. The summed E-state index contributed by atoms with van der Waals surface area (Å²) < 4.78 is 5.86. The highest BCUT2D eigenvalue weighted by Crippen LogP contribution is 2.24. The Labute approximate surface area is 132 Å². The van der Waals surface area contributed by atoms with Gasteiger partial charge in [0.15, 0.2) is 0 Å². The highest BCUT2D eigenvalue weighted by atomic mass is 16.5. The van der Waals surface area contributed by atoms with Crippen molar-refractivity contribution in [3.63, 3.8) is 0 Å². The number of benzene rings is 1. The van der Waals surface area contributed by atoms with E-state index < -0.39 is 0 Å². The molecule has 4 heteroatoms. The molecule has 22 heavy (non-hydrogen) atoms. The SMILES string of the molecule is NCCc1c[nH]c2ccc(OCCCCCCCCO)cc12. The first-order chi connectivity index (χ1) is 10.8. The topological polar surface area (TPSA) is 71.3 Å². The first-order valence-corrected chi connectivity index (χ1v) is 8.39. The lowest BCUT2D eigenvalue weighted by molar-refractivity contribution is 0.280. The number of hydrogen-bond donors (Lipinski definition) is 3. The smallest absolute Gasteiger partial charge is 0.120 e. The second-order valence-electron chi connectivity index (χ2n) is 5.75. The molecule has 0 amide bonds. The van der Waals surface area contributed by atoms with Gasteiger partial charge in [0.25, 0.3) is 0 Å². The Morgan fingerprint density at radius 2 is 1.82 bits per heavy atom. The standard InChI is InChI=1S/C18H28N2O2/c19-10-9-15-14-20-18-8-7-16(13-17(15)18)22-12-6-4-2-1-3-5-11-21/h7-8,13-14,20-21H,1-6,9-12,19H2. The predicted molar refractivity (Wildman–Crippen MR) is 91.3 cm³/mol. The molecule has 0 fully saturated rings. The summed E-state index contributed by atoms with van der Waals surface area (Å²) in [5.41, 5.74) is 8.04. The first-order valence-electron chi connectivity index (χ1n) is 8.39. The molecule has 4 nitrogen and oxygen atoms in total. The summed E-state index contributed by atoms with van der Waals surface area (Å²) in [6.45, 7) is 1.74. The molecule has 0 aliphatic carbocycles. The van der Waals surface area contributed by atoms with Crippen molar-refractivity contribution in [2.45, 2.75) is 44.9 Å². The van der Waals surface area contributed by atoms with Crippen molar-refractivity contribution in [1.29, 1.82) is 0 Å². The van der Waals surface area contributed by atoms with E-state index in [4.69, 9.17) is 15.6 Å². The quantitative estimate of drug-likeness (QED) is 0.557. The van der Waals surface area contributed by atoms with Gasteiger partial charge in [-0.3, -0.25) is 0 Å².